The molecule has 1 aromatic carbocycles. The Bertz CT molecular complexity index is 1170. The van der Waals surface area contributed by atoms with Gasteiger partial charge < -0.3 is 10.3 Å². The number of benzene rings is 1. The van der Waals surface area contributed by atoms with Gasteiger partial charge in [-0.15, -0.1) is 16.4 Å². The van der Waals surface area contributed by atoms with Gasteiger partial charge in [-0.3, -0.25) is 4.79 Å². The molecule has 28 heavy (non-hydrogen) atoms. The summed E-state index contributed by atoms with van der Waals surface area (Å²) < 4.78 is 1.56. The van der Waals surface area contributed by atoms with Gasteiger partial charge in [0.15, 0.2) is 0 Å². The maximum absolute atomic E-state index is 13.3. The van der Waals surface area contributed by atoms with Gasteiger partial charge in [-0.2, -0.15) is 4.68 Å². The Balaban J connectivity index is 1.51. The lowest BCUT2D eigenvalue weighted by Gasteiger charge is -2.24. The number of para-hydroxylation sites is 1. The number of nitrogens with one attached hydrogen (secondary N) is 2. The first-order valence-corrected chi connectivity index (χ1v) is 10.2. The summed E-state index contributed by atoms with van der Waals surface area (Å²) in [6.45, 7) is 3.99. The van der Waals surface area contributed by atoms with E-state index >= 15 is 0 Å². The molecule has 0 spiro atoms. The summed E-state index contributed by atoms with van der Waals surface area (Å²) in [4.78, 5) is 17.9. The van der Waals surface area contributed by atoms with Crippen molar-refractivity contribution < 1.29 is 4.79 Å². The summed E-state index contributed by atoms with van der Waals surface area (Å²) in [6, 6.07) is 8.32. The van der Waals surface area contributed by atoms with E-state index in [1.807, 2.05) is 19.9 Å². The predicted octanol–water partition coefficient (Wildman–Crippen LogP) is 3.63. The fraction of sp³-hybridized carbons (Fsp3) is 0.300. The van der Waals surface area contributed by atoms with Gasteiger partial charge in [-0.1, -0.05) is 18.2 Å². The number of fused-ring (bicyclic) bond motifs is 3. The number of carbonyl (C=O) groups is 1. The molecule has 8 heteroatoms. The average molecular weight is 392 g/mol. The summed E-state index contributed by atoms with van der Waals surface area (Å²) in [5.74, 6) is -0.0798. The molecule has 5 rings (SSSR count). The number of thiophene rings is 1. The quantitative estimate of drug-likeness (QED) is 0.557. The van der Waals surface area contributed by atoms with E-state index in [0.29, 0.717) is 5.56 Å². The molecule has 0 radical (unpaired) electrons. The molecule has 3 heterocycles. The first kappa shape index (κ1) is 17.1. The van der Waals surface area contributed by atoms with Crippen LogP contribution in [-0.4, -0.2) is 31.1 Å². The van der Waals surface area contributed by atoms with Gasteiger partial charge in [0.1, 0.15) is 11.3 Å². The lowest BCUT2D eigenvalue weighted by molar-refractivity contribution is 0.0931. The van der Waals surface area contributed by atoms with Crippen LogP contribution < -0.4 is 5.32 Å². The second kappa shape index (κ2) is 6.56. The monoisotopic (exact) mass is 392 g/mol. The van der Waals surface area contributed by atoms with E-state index < -0.39 is 0 Å². The minimum atomic E-state index is -0.0798. The van der Waals surface area contributed by atoms with Crippen molar-refractivity contribution in [2.24, 2.45) is 0 Å². The third-order valence-electron chi connectivity index (χ3n) is 5.57. The minimum Gasteiger partial charge on any atom is -0.356 e. The van der Waals surface area contributed by atoms with Crippen molar-refractivity contribution in [3.8, 4) is 5.00 Å². The summed E-state index contributed by atoms with van der Waals surface area (Å²) in [6.07, 6.45) is 4.55. The molecule has 1 aliphatic carbocycles. The van der Waals surface area contributed by atoms with E-state index in [2.05, 4.69) is 44.0 Å². The second-order valence-electron chi connectivity index (χ2n) is 7.20. The van der Waals surface area contributed by atoms with Gasteiger partial charge in [0, 0.05) is 21.5 Å². The van der Waals surface area contributed by atoms with Gasteiger partial charge in [0.2, 0.25) is 0 Å². The van der Waals surface area contributed by atoms with Crippen LogP contribution in [0.3, 0.4) is 0 Å². The zero-order chi connectivity index (χ0) is 19.3. The number of rotatable bonds is 3. The summed E-state index contributed by atoms with van der Waals surface area (Å²) in [7, 11) is 0. The summed E-state index contributed by atoms with van der Waals surface area (Å²) in [5.41, 5.74) is 5.21. The number of nitrogens with zero attached hydrogens (tertiary/aromatic N) is 4. The van der Waals surface area contributed by atoms with Crippen LogP contribution in [0.4, 0.5) is 0 Å². The van der Waals surface area contributed by atoms with Crippen LogP contribution >= 0.6 is 11.3 Å². The van der Waals surface area contributed by atoms with E-state index in [1.165, 1.54) is 28.6 Å². The van der Waals surface area contributed by atoms with Gasteiger partial charge in [0.05, 0.1) is 11.6 Å². The Hall–Kier alpha value is -3.00. The van der Waals surface area contributed by atoms with Crippen LogP contribution in [0.2, 0.25) is 0 Å². The number of hydrogen-bond acceptors (Lipinski definition) is 5. The fourth-order valence-electron chi connectivity index (χ4n) is 4.08. The van der Waals surface area contributed by atoms with Crippen molar-refractivity contribution in [2.45, 2.75) is 39.2 Å². The Morgan fingerprint density at radius 3 is 3.00 bits per heavy atom. The number of amides is 1. The normalized spacial score (nSPS) is 16.3. The SMILES string of the molecule is Cc1sc(-n2cnnn2)c(C(=O)N[C@@H]2CCCc3c2[nH]c2ccccc32)c1C. The Kier molecular flexibility index (Phi) is 4.01. The third kappa shape index (κ3) is 2.63. The maximum Gasteiger partial charge on any atom is 0.255 e. The highest BCUT2D eigenvalue weighted by Crippen LogP contribution is 2.36. The number of hydrogen-bond donors (Lipinski definition) is 2. The highest BCUT2D eigenvalue weighted by atomic mass is 32.1. The summed E-state index contributed by atoms with van der Waals surface area (Å²) >= 11 is 1.53. The van der Waals surface area contributed by atoms with Gasteiger partial charge in [0.25, 0.3) is 5.91 Å². The highest BCUT2D eigenvalue weighted by Gasteiger charge is 2.28. The molecular weight excluding hydrogens is 372 g/mol. The van der Waals surface area contributed by atoms with Gasteiger partial charge in [-0.05, 0) is 60.7 Å². The van der Waals surface area contributed by atoms with Gasteiger partial charge >= 0.3 is 0 Å². The van der Waals surface area contributed by atoms with E-state index in [4.69, 9.17) is 0 Å². The number of aryl methyl sites for hydroxylation is 2. The molecule has 0 bridgehead atoms. The molecule has 1 atom stereocenters. The van der Waals surface area contributed by atoms with Crippen LogP contribution in [0.1, 0.15) is 50.9 Å². The molecule has 0 unspecified atom stereocenters. The lowest BCUT2D eigenvalue weighted by Crippen LogP contribution is -2.31. The van der Waals surface area contributed by atoms with Crippen LogP contribution in [0, 0.1) is 13.8 Å². The van der Waals surface area contributed by atoms with Crippen LogP contribution in [0.15, 0.2) is 30.6 Å². The van der Waals surface area contributed by atoms with Crippen LogP contribution in [0.25, 0.3) is 15.9 Å². The number of tetrazole rings is 1. The van der Waals surface area contributed by atoms with Gasteiger partial charge in [-0.25, -0.2) is 0 Å². The van der Waals surface area contributed by atoms with Crippen molar-refractivity contribution in [1.82, 2.24) is 30.5 Å². The summed E-state index contributed by atoms with van der Waals surface area (Å²) in [5, 5.41) is 16.7. The smallest absolute Gasteiger partial charge is 0.255 e. The third-order valence-corrected chi connectivity index (χ3v) is 6.77. The first-order chi connectivity index (χ1) is 13.6. The molecule has 4 aromatic rings. The largest absolute Gasteiger partial charge is 0.356 e. The molecule has 0 saturated heterocycles. The molecule has 1 amide bonds. The lowest BCUT2D eigenvalue weighted by atomic mass is 9.91. The molecule has 0 fully saturated rings. The van der Waals surface area contributed by atoms with Crippen molar-refractivity contribution in [3.63, 3.8) is 0 Å². The zero-order valence-corrected chi connectivity index (χ0v) is 16.5. The van der Waals surface area contributed by atoms with Crippen molar-refractivity contribution in [2.75, 3.05) is 0 Å². The number of aromatic nitrogens is 5. The van der Waals surface area contributed by atoms with E-state index in [9.17, 15) is 4.79 Å². The molecule has 142 valence electrons. The molecule has 0 saturated carbocycles. The predicted molar refractivity (Wildman–Crippen MR) is 108 cm³/mol. The number of aromatic amines is 1. The topological polar surface area (TPSA) is 88.5 Å². The molecular formula is C20H20N6OS. The Morgan fingerprint density at radius 2 is 2.18 bits per heavy atom. The minimum absolute atomic E-state index is 0.0232. The van der Waals surface area contributed by atoms with E-state index in [-0.39, 0.29) is 11.9 Å². The second-order valence-corrected chi connectivity index (χ2v) is 8.40. The standard InChI is InChI=1S/C20H20N6OS/c1-11-12(2)28-20(26-10-21-24-25-26)17(11)19(27)23-16-9-5-7-14-13-6-3-4-8-15(13)22-18(14)16/h3-4,6,8,10,16,22H,5,7,9H2,1-2H3,(H,23,27)/t16-/m1/s1. The van der Waals surface area contributed by atoms with Crippen molar-refractivity contribution in [3.05, 3.63) is 57.9 Å². The maximum atomic E-state index is 13.3. The van der Waals surface area contributed by atoms with Crippen LogP contribution in [0.5, 0.6) is 0 Å². The zero-order valence-electron chi connectivity index (χ0n) is 15.7. The fourth-order valence-corrected chi connectivity index (χ4v) is 5.15. The van der Waals surface area contributed by atoms with E-state index in [1.54, 1.807) is 4.68 Å². The molecule has 7 nitrogen and oxygen atoms in total. The molecule has 0 aliphatic heterocycles. The highest BCUT2D eigenvalue weighted by molar-refractivity contribution is 7.15. The average Bonchev–Trinajstić information content (AvgIpc) is 3.41. The van der Waals surface area contributed by atoms with E-state index in [0.717, 1.165) is 45.9 Å². The Labute approximate surface area is 165 Å². The van der Waals surface area contributed by atoms with Crippen LogP contribution in [-0.2, 0) is 6.42 Å². The number of H-pyrrole nitrogens is 1. The molecule has 3 aromatic heterocycles. The van der Waals surface area contributed by atoms with Crippen molar-refractivity contribution >= 4 is 28.1 Å². The Morgan fingerprint density at radius 1 is 1.32 bits per heavy atom. The first-order valence-electron chi connectivity index (χ1n) is 9.37. The van der Waals surface area contributed by atoms with Crippen molar-refractivity contribution in [1.29, 1.82) is 0 Å². The number of carbonyl (C=O) groups excluding carboxylic acids is 1. The molecule has 2 N–H and O–H groups in total. The molecule has 1 aliphatic rings.